The summed E-state index contributed by atoms with van der Waals surface area (Å²) in [6, 6.07) is 9.33. The molecule has 0 aliphatic rings. The molecule has 0 spiro atoms. The van der Waals surface area contributed by atoms with Gasteiger partial charge in [0.25, 0.3) is 0 Å². The first-order valence-electron chi connectivity index (χ1n) is 7.46. The monoisotopic (exact) mass is 330 g/mol. The number of aliphatic imine (C=N–C) groups is 1. The number of phenolic OH excluding ortho intramolecular Hbond substituents is 1. The predicted octanol–water partition coefficient (Wildman–Crippen LogP) is 3.85. The first-order valence-corrected chi connectivity index (χ1v) is 7.46. The Morgan fingerprint density at radius 2 is 1.83 bits per heavy atom. The van der Waals surface area contributed by atoms with Crippen molar-refractivity contribution in [1.29, 1.82) is 0 Å². The molecule has 0 unspecified atom stereocenters. The Hall–Kier alpha value is -3.09. The molecule has 0 amide bonds. The van der Waals surface area contributed by atoms with Gasteiger partial charge in [0, 0.05) is 17.8 Å². The third-order valence-corrected chi connectivity index (χ3v) is 3.06. The summed E-state index contributed by atoms with van der Waals surface area (Å²) >= 11 is 0. The van der Waals surface area contributed by atoms with Gasteiger partial charge in [0.1, 0.15) is 5.75 Å². The van der Waals surface area contributed by atoms with Gasteiger partial charge in [-0.25, -0.2) is 0 Å². The van der Waals surface area contributed by atoms with E-state index >= 15 is 0 Å². The van der Waals surface area contributed by atoms with Crippen LogP contribution in [0.5, 0.6) is 17.2 Å². The van der Waals surface area contributed by atoms with E-state index in [1.54, 1.807) is 32.0 Å². The van der Waals surface area contributed by atoms with Crippen molar-refractivity contribution in [2.24, 2.45) is 4.99 Å². The van der Waals surface area contributed by atoms with Crippen LogP contribution in [0.25, 0.3) is 0 Å². The van der Waals surface area contributed by atoms with Gasteiger partial charge in [-0.3, -0.25) is 15.1 Å². The Morgan fingerprint density at radius 1 is 1.17 bits per heavy atom. The summed E-state index contributed by atoms with van der Waals surface area (Å²) in [7, 11) is 0. The van der Waals surface area contributed by atoms with Crippen LogP contribution in [0.1, 0.15) is 19.4 Å². The number of rotatable bonds is 7. The molecule has 0 atom stereocenters. The van der Waals surface area contributed by atoms with Crippen LogP contribution in [0.15, 0.2) is 41.4 Å². The van der Waals surface area contributed by atoms with Crippen molar-refractivity contribution in [2.75, 3.05) is 13.2 Å². The first-order chi connectivity index (χ1) is 11.5. The van der Waals surface area contributed by atoms with Crippen molar-refractivity contribution in [3.63, 3.8) is 0 Å². The highest BCUT2D eigenvalue weighted by Gasteiger charge is 2.22. The molecule has 0 heterocycles. The number of benzene rings is 2. The fourth-order valence-electron chi connectivity index (χ4n) is 2.06. The maximum absolute atomic E-state index is 11.3. The minimum atomic E-state index is -0.509. The quantitative estimate of drug-likeness (QED) is 0.473. The molecular formula is C17H18N2O5. The number of ether oxygens (including phenoxy) is 2. The summed E-state index contributed by atoms with van der Waals surface area (Å²) in [5, 5.41) is 20.6. The lowest BCUT2D eigenvalue weighted by molar-refractivity contribution is -0.385. The van der Waals surface area contributed by atoms with E-state index in [-0.39, 0.29) is 17.2 Å². The van der Waals surface area contributed by atoms with Crippen LogP contribution in [-0.2, 0) is 0 Å². The van der Waals surface area contributed by atoms with E-state index in [0.717, 1.165) is 0 Å². The maximum Gasteiger partial charge on any atom is 0.315 e. The van der Waals surface area contributed by atoms with Crippen LogP contribution in [0.2, 0.25) is 0 Å². The van der Waals surface area contributed by atoms with Crippen LogP contribution in [0, 0.1) is 10.1 Å². The predicted molar refractivity (Wildman–Crippen MR) is 90.8 cm³/mol. The lowest BCUT2D eigenvalue weighted by atomic mass is 10.1. The van der Waals surface area contributed by atoms with Gasteiger partial charge in [-0.1, -0.05) is 0 Å². The van der Waals surface area contributed by atoms with Crippen LogP contribution < -0.4 is 9.47 Å². The topological polar surface area (TPSA) is 94.2 Å². The number of hydrogen-bond donors (Lipinski definition) is 1. The summed E-state index contributed by atoms with van der Waals surface area (Å²) in [5.74, 6) is 0.566. The highest BCUT2D eigenvalue weighted by Crippen LogP contribution is 2.38. The van der Waals surface area contributed by atoms with Gasteiger partial charge in [0.05, 0.1) is 23.8 Å². The minimum Gasteiger partial charge on any atom is -0.508 e. The average molecular weight is 330 g/mol. The summed E-state index contributed by atoms with van der Waals surface area (Å²) in [6.45, 7) is 4.19. The van der Waals surface area contributed by atoms with E-state index in [0.29, 0.717) is 30.2 Å². The molecule has 1 N–H and O–H groups in total. The Bertz CT molecular complexity index is 741. The van der Waals surface area contributed by atoms with Crippen LogP contribution in [-0.4, -0.2) is 29.5 Å². The summed E-state index contributed by atoms with van der Waals surface area (Å²) in [6.07, 6.45) is 1.50. The second-order valence-corrected chi connectivity index (χ2v) is 4.77. The summed E-state index contributed by atoms with van der Waals surface area (Å²) < 4.78 is 10.8. The molecule has 2 aromatic rings. The third kappa shape index (κ3) is 4.22. The highest BCUT2D eigenvalue weighted by molar-refractivity contribution is 5.85. The number of nitro benzene ring substituents is 1. The zero-order chi connectivity index (χ0) is 17.5. The van der Waals surface area contributed by atoms with Gasteiger partial charge in [0.2, 0.25) is 5.75 Å². The molecule has 0 radical (unpaired) electrons. The standard InChI is InChI=1S/C17H18N2O5/c1-3-23-16-10-12(9-15(19(21)22)17(16)24-4-2)11-18-13-5-7-14(20)8-6-13/h5-11,20H,3-4H2,1-2H3. The van der Waals surface area contributed by atoms with Gasteiger partial charge >= 0.3 is 5.69 Å². The molecule has 7 heteroatoms. The molecule has 0 fully saturated rings. The van der Waals surface area contributed by atoms with Crippen LogP contribution in [0.4, 0.5) is 11.4 Å². The van der Waals surface area contributed by atoms with E-state index < -0.39 is 4.92 Å². The van der Waals surface area contributed by atoms with E-state index in [1.807, 2.05) is 0 Å². The molecule has 0 saturated heterocycles. The molecule has 2 rings (SSSR count). The average Bonchev–Trinajstić information content (AvgIpc) is 2.56. The SMILES string of the molecule is CCOc1cc(C=Nc2ccc(O)cc2)cc([N+](=O)[O-])c1OCC. The van der Waals surface area contributed by atoms with Gasteiger partial charge < -0.3 is 14.6 Å². The van der Waals surface area contributed by atoms with E-state index in [9.17, 15) is 15.2 Å². The Kier molecular flexibility index (Phi) is 5.73. The Balaban J connectivity index is 2.42. The van der Waals surface area contributed by atoms with Crippen molar-refractivity contribution >= 4 is 17.6 Å². The molecule has 24 heavy (non-hydrogen) atoms. The lowest BCUT2D eigenvalue weighted by Gasteiger charge is -2.11. The second kappa shape index (κ2) is 7.96. The van der Waals surface area contributed by atoms with E-state index in [4.69, 9.17) is 9.47 Å². The Labute approximate surface area is 139 Å². The zero-order valence-corrected chi connectivity index (χ0v) is 13.4. The van der Waals surface area contributed by atoms with Gasteiger partial charge in [-0.2, -0.15) is 0 Å². The Morgan fingerprint density at radius 3 is 2.42 bits per heavy atom. The van der Waals surface area contributed by atoms with Gasteiger partial charge in [-0.15, -0.1) is 0 Å². The molecule has 0 saturated carbocycles. The molecular weight excluding hydrogens is 312 g/mol. The number of phenols is 1. The second-order valence-electron chi connectivity index (χ2n) is 4.77. The minimum absolute atomic E-state index is 0.117. The highest BCUT2D eigenvalue weighted by atomic mass is 16.6. The van der Waals surface area contributed by atoms with Crippen molar-refractivity contribution in [3.8, 4) is 17.2 Å². The largest absolute Gasteiger partial charge is 0.508 e. The third-order valence-electron chi connectivity index (χ3n) is 3.06. The van der Waals surface area contributed by atoms with Crippen molar-refractivity contribution in [3.05, 3.63) is 52.1 Å². The fraction of sp³-hybridized carbons (Fsp3) is 0.235. The first kappa shape index (κ1) is 17.3. The fourth-order valence-corrected chi connectivity index (χ4v) is 2.06. The van der Waals surface area contributed by atoms with E-state index in [2.05, 4.69) is 4.99 Å². The van der Waals surface area contributed by atoms with E-state index in [1.165, 1.54) is 24.4 Å². The number of aromatic hydroxyl groups is 1. The number of nitrogens with zero attached hydrogens (tertiary/aromatic N) is 2. The molecule has 0 bridgehead atoms. The molecule has 126 valence electrons. The molecule has 0 aliphatic carbocycles. The van der Waals surface area contributed by atoms with Crippen LogP contribution >= 0.6 is 0 Å². The van der Waals surface area contributed by atoms with Crippen molar-refractivity contribution in [1.82, 2.24) is 0 Å². The molecule has 0 aliphatic heterocycles. The summed E-state index contributed by atoms with van der Waals surface area (Å²) in [4.78, 5) is 15.0. The number of hydrogen-bond acceptors (Lipinski definition) is 6. The number of nitro groups is 1. The zero-order valence-electron chi connectivity index (χ0n) is 13.4. The normalized spacial score (nSPS) is 10.8. The maximum atomic E-state index is 11.3. The molecule has 2 aromatic carbocycles. The van der Waals surface area contributed by atoms with Crippen molar-refractivity contribution < 1.29 is 19.5 Å². The van der Waals surface area contributed by atoms with Crippen LogP contribution in [0.3, 0.4) is 0 Å². The molecule has 7 nitrogen and oxygen atoms in total. The summed E-state index contributed by atoms with van der Waals surface area (Å²) in [5.41, 5.74) is 0.957. The smallest absolute Gasteiger partial charge is 0.315 e. The van der Waals surface area contributed by atoms with Gasteiger partial charge in [-0.05, 0) is 44.2 Å². The lowest BCUT2D eigenvalue weighted by Crippen LogP contribution is -2.03. The van der Waals surface area contributed by atoms with Gasteiger partial charge in [0.15, 0.2) is 5.75 Å². The molecule has 0 aromatic heterocycles. The van der Waals surface area contributed by atoms with Crippen molar-refractivity contribution in [2.45, 2.75) is 13.8 Å².